The zero-order valence-corrected chi connectivity index (χ0v) is 14.5. The first kappa shape index (κ1) is 17.2. The highest BCUT2D eigenvalue weighted by Gasteiger charge is 2.11. The lowest BCUT2D eigenvalue weighted by atomic mass is 10.1. The predicted molar refractivity (Wildman–Crippen MR) is 94.2 cm³/mol. The number of fused-ring (bicyclic) bond motifs is 1. The minimum Gasteiger partial charge on any atom is -0.494 e. The van der Waals surface area contributed by atoms with Crippen LogP contribution in [0.4, 0.5) is 0 Å². The van der Waals surface area contributed by atoms with E-state index in [-0.39, 0.29) is 4.90 Å². The molecule has 0 spiro atoms. The second-order valence-electron chi connectivity index (χ2n) is 6.25. The molecule has 0 amide bonds. The van der Waals surface area contributed by atoms with Crippen LogP contribution < -0.4 is 4.74 Å². The van der Waals surface area contributed by atoms with Gasteiger partial charge < -0.3 is 9.64 Å². The van der Waals surface area contributed by atoms with Gasteiger partial charge in [0.05, 0.1) is 11.5 Å². The maximum Gasteiger partial charge on any atom is 0.294 e. The van der Waals surface area contributed by atoms with Crippen LogP contribution in [0.2, 0.25) is 0 Å². The lowest BCUT2D eigenvalue weighted by Crippen LogP contribution is -2.31. The minimum atomic E-state index is -4.19. The van der Waals surface area contributed by atoms with Crippen molar-refractivity contribution in [2.75, 3.05) is 26.2 Å². The SMILES string of the molecule is O=S(=O)(O)c1ccc2ccc(OCCCN3CCCCC3)cc2c1. The van der Waals surface area contributed by atoms with Gasteiger partial charge in [-0.25, -0.2) is 0 Å². The lowest BCUT2D eigenvalue weighted by molar-refractivity contribution is 0.205. The first-order valence-electron chi connectivity index (χ1n) is 8.39. The molecule has 5 nitrogen and oxygen atoms in total. The van der Waals surface area contributed by atoms with E-state index in [1.54, 1.807) is 6.07 Å². The van der Waals surface area contributed by atoms with Gasteiger partial charge in [0.1, 0.15) is 5.75 Å². The number of hydrogen-bond acceptors (Lipinski definition) is 4. The average Bonchev–Trinajstić information content (AvgIpc) is 2.58. The van der Waals surface area contributed by atoms with Crippen LogP contribution in [0.5, 0.6) is 5.75 Å². The van der Waals surface area contributed by atoms with Crippen LogP contribution in [0.25, 0.3) is 10.8 Å². The topological polar surface area (TPSA) is 66.8 Å². The van der Waals surface area contributed by atoms with Crippen molar-refractivity contribution in [1.29, 1.82) is 0 Å². The van der Waals surface area contributed by atoms with Gasteiger partial charge in [-0.05, 0) is 67.4 Å². The van der Waals surface area contributed by atoms with E-state index >= 15 is 0 Å². The van der Waals surface area contributed by atoms with Crippen LogP contribution in [0, 0.1) is 0 Å². The number of nitrogens with zero attached hydrogens (tertiary/aromatic N) is 1. The van der Waals surface area contributed by atoms with Gasteiger partial charge in [0.15, 0.2) is 0 Å². The first-order valence-corrected chi connectivity index (χ1v) is 9.83. The third-order valence-corrected chi connectivity index (χ3v) is 5.27. The zero-order chi connectivity index (χ0) is 17.0. The Balaban J connectivity index is 1.60. The summed E-state index contributed by atoms with van der Waals surface area (Å²) in [6.07, 6.45) is 4.90. The van der Waals surface area contributed by atoms with Crippen LogP contribution >= 0.6 is 0 Å². The number of benzene rings is 2. The molecule has 0 aromatic heterocycles. The van der Waals surface area contributed by atoms with E-state index in [9.17, 15) is 8.42 Å². The van der Waals surface area contributed by atoms with Crippen LogP contribution in [0.1, 0.15) is 25.7 Å². The molecule has 1 heterocycles. The highest BCUT2D eigenvalue weighted by molar-refractivity contribution is 7.85. The monoisotopic (exact) mass is 349 g/mol. The quantitative estimate of drug-likeness (QED) is 0.640. The van der Waals surface area contributed by atoms with Gasteiger partial charge in [0.2, 0.25) is 0 Å². The zero-order valence-electron chi connectivity index (χ0n) is 13.6. The molecule has 3 rings (SSSR count). The summed E-state index contributed by atoms with van der Waals surface area (Å²) in [4.78, 5) is 2.38. The average molecular weight is 349 g/mol. The Morgan fingerprint density at radius 2 is 1.75 bits per heavy atom. The Hall–Kier alpha value is -1.63. The summed E-state index contributed by atoms with van der Waals surface area (Å²) in [6.45, 7) is 4.07. The molecule has 130 valence electrons. The molecular weight excluding hydrogens is 326 g/mol. The molecule has 1 fully saturated rings. The number of likely N-dealkylation sites (tertiary alicyclic amines) is 1. The van der Waals surface area contributed by atoms with Gasteiger partial charge >= 0.3 is 0 Å². The van der Waals surface area contributed by atoms with E-state index in [1.165, 1.54) is 44.5 Å². The van der Waals surface area contributed by atoms with E-state index in [0.29, 0.717) is 12.4 Å². The maximum absolute atomic E-state index is 11.2. The summed E-state index contributed by atoms with van der Waals surface area (Å²) >= 11 is 0. The van der Waals surface area contributed by atoms with Crippen LogP contribution in [0.15, 0.2) is 41.3 Å². The Labute approximate surface area is 143 Å². The molecule has 0 unspecified atom stereocenters. The summed E-state index contributed by atoms with van der Waals surface area (Å²) in [6, 6.07) is 10.1. The molecule has 1 aliphatic heterocycles. The number of hydrogen-bond donors (Lipinski definition) is 1. The maximum atomic E-state index is 11.2. The summed E-state index contributed by atoms with van der Waals surface area (Å²) in [7, 11) is -4.19. The van der Waals surface area contributed by atoms with Crippen molar-refractivity contribution in [2.24, 2.45) is 0 Å². The Morgan fingerprint density at radius 3 is 2.50 bits per heavy atom. The normalized spacial score (nSPS) is 16.4. The molecule has 6 heteroatoms. The van der Waals surface area contributed by atoms with Crippen molar-refractivity contribution in [3.8, 4) is 5.75 Å². The summed E-state index contributed by atoms with van der Waals surface area (Å²) in [5, 5.41) is 1.64. The molecule has 24 heavy (non-hydrogen) atoms. The third-order valence-electron chi connectivity index (χ3n) is 4.42. The van der Waals surface area contributed by atoms with Crippen LogP contribution in [-0.2, 0) is 10.1 Å². The molecule has 2 aromatic rings. The van der Waals surface area contributed by atoms with Gasteiger partial charge in [-0.2, -0.15) is 8.42 Å². The highest BCUT2D eigenvalue weighted by atomic mass is 32.2. The van der Waals surface area contributed by atoms with E-state index in [0.717, 1.165) is 23.7 Å². The second-order valence-corrected chi connectivity index (χ2v) is 7.67. The molecule has 0 saturated carbocycles. The van der Waals surface area contributed by atoms with Gasteiger partial charge in [-0.15, -0.1) is 0 Å². The molecule has 1 aliphatic rings. The van der Waals surface area contributed by atoms with E-state index in [1.807, 2.05) is 18.2 Å². The smallest absolute Gasteiger partial charge is 0.294 e. The van der Waals surface area contributed by atoms with Crippen molar-refractivity contribution in [3.63, 3.8) is 0 Å². The number of ether oxygens (including phenoxy) is 1. The number of piperidine rings is 1. The van der Waals surface area contributed by atoms with Crippen molar-refractivity contribution >= 4 is 20.9 Å². The molecule has 0 radical (unpaired) electrons. The summed E-state index contributed by atoms with van der Waals surface area (Å²) in [5.41, 5.74) is 0. The van der Waals surface area contributed by atoms with Gasteiger partial charge in [-0.1, -0.05) is 18.6 Å². The molecule has 1 saturated heterocycles. The fourth-order valence-corrected chi connectivity index (χ4v) is 3.63. The predicted octanol–water partition coefficient (Wildman–Crippen LogP) is 3.34. The molecular formula is C18H23NO4S. The third kappa shape index (κ3) is 4.47. The van der Waals surface area contributed by atoms with Gasteiger partial charge in [0, 0.05) is 6.54 Å². The van der Waals surface area contributed by atoms with Crippen molar-refractivity contribution < 1.29 is 17.7 Å². The minimum absolute atomic E-state index is 0.0998. The largest absolute Gasteiger partial charge is 0.494 e. The summed E-state index contributed by atoms with van der Waals surface area (Å²) < 4.78 is 37.4. The first-order chi connectivity index (χ1) is 11.5. The van der Waals surface area contributed by atoms with Gasteiger partial charge in [0.25, 0.3) is 10.1 Å². The van der Waals surface area contributed by atoms with Crippen molar-refractivity contribution in [1.82, 2.24) is 4.90 Å². The van der Waals surface area contributed by atoms with E-state index in [4.69, 9.17) is 9.29 Å². The van der Waals surface area contributed by atoms with E-state index < -0.39 is 10.1 Å². The van der Waals surface area contributed by atoms with Crippen molar-refractivity contribution in [3.05, 3.63) is 36.4 Å². The second kappa shape index (κ2) is 7.51. The molecule has 1 N–H and O–H groups in total. The Morgan fingerprint density at radius 1 is 1.00 bits per heavy atom. The Bertz CT molecular complexity index is 798. The van der Waals surface area contributed by atoms with E-state index in [2.05, 4.69) is 4.90 Å². The lowest BCUT2D eigenvalue weighted by Gasteiger charge is -2.26. The molecule has 0 atom stereocenters. The highest BCUT2D eigenvalue weighted by Crippen LogP contribution is 2.24. The standard InChI is InChI=1S/C18H23NO4S/c20-24(21,22)18-8-6-15-5-7-17(13-16(15)14-18)23-12-4-11-19-9-2-1-3-10-19/h5-8,13-14H,1-4,9-12H2,(H,20,21,22). The molecule has 0 bridgehead atoms. The molecule has 0 aliphatic carbocycles. The number of rotatable bonds is 6. The molecule has 2 aromatic carbocycles. The fraction of sp³-hybridized carbons (Fsp3) is 0.444. The Kier molecular flexibility index (Phi) is 5.38. The van der Waals surface area contributed by atoms with Crippen molar-refractivity contribution in [2.45, 2.75) is 30.6 Å². The van der Waals surface area contributed by atoms with Crippen LogP contribution in [-0.4, -0.2) is 44.1 Å². The van der Waals surface area contributed by atoms with Crippen LogP contribution in [0.3, 0.4) is 0 Å². The summed E-state index contributed by atoms with van der Waals surface area (Å²) in [5.74, 6) is 0.716. The van der Waals surface area contributed by atoms with Gasteiger partial charge in [-0.3, -0.25) is 4.55 Å². The fourth-order valence-electron chi connectivity index (χ4n) is 3.11.